The van der Waals surface area contributed by atoms with E-state index in [9.17, 15) is 9.59 Å². The van der Waals surface area contributed by atoms with E-state index in [2.05, 4.69) is 15.6 Å². The number of rotatable bonds is 17. The molecule has 0 spiro atoms. The van der Waals surface area contributed by atoms with Gasteiger partial charge in [-0.25, -0.2) is 18.0 Å². The lowest BCUT2D eigenvalue weighted by atomic mass is 9.81. The lowest BCUT2D eigenvalue weighted by Gasteiger charge is -2.40. The van der Waals surface area contributed by atoms with Crippen molar-refractivity contribution in [3.05, 3.63) is 137 Å². The van der Waals surface area contributed by atoms with Gasteiger partial charge in [0.1, 0.15) is 28.5 Å². The van der Waals surface area contributed by atoms with E-state index in [4.69, 9.17) is 28.8 Å². The van der Waals surface area contributed by atoms with E-state index in [1.54, 1.807) is 26.2 Å². The summed E-state index contributed by atoms with van der Waals surface area (Å²) in [7, 11) is 0.356. The van der Waals surface area contributed by atoms with Crippen molar-refractivity contribution in [2.75, 3.05) is 34.4 Å². The van der Waals surface area contributed by atoms with Crippen molar-refractivity contribution in [1.29, 1.82) is 0 Å². The molecule has 1 saturated heterocycles. The quantitative estimate of drug-likeness (QED) is 0.0916. The predicted molar refractivity (Wildman–Crippen MR) is 283 cm³/mol. The van der Waals surface area contributed by atoms with E-state index in [0.29, 0.717) is 66.3 Å². The Bertz CT molecular complexity index is 2920. The molecule has 1 aromatic heterocycles. The number of likely N-dealkylation sites (tertiary alicyclic amines) is 1. The molecule has 17 heteroatoms. The molecule has 2 heterocycles. The maximum absolute atomic E-state index is 16.3. The number of nitrogens with zero attached hydrogens (tertiary/aromatic N) is 6. The molecule has 1 N–H and O–H groups in total. The minimum atomic E-state index is -4.45. The van der Waals surface area contributed by atoms with Gasteiger partial charge in [0.25, 0.3) is 0 Å². The maximum Gasteiger partial charge on any atom is 0.410 e. The van der Waals surface area contributed by atoms with Crippen LogP contribution in [0.25, 0.3) is 22.5 Å². The van der Waals surface area contributed by atoms with Crippen molar-refractivity contribution in [2.45, 2.75) is 121 Å². The summed E-state index contributed by atoms with van der Waals surface area (Å²) in [6.07, 6.45) is 2.58. The van der Waals surface area contributed by atoms with Gasteiger partial charge < -0.3 is 33.9 Å². The molecule has 2 amide bonds. The molecule has 6 aromatic rings. The summed E-state index contributed by atoms with van der Waals surface area (Å²) in [6.45, 7) is 12.5. The molecule has 0 unspecified atom stereocenters. The third kappa shape index (κ3) is 13.4. The standard InChI is InChI=1S/C57H69N7O9S/c1-56(2,3)72-54(65)58-46-23-10-38(11-24-46)32-44-22-31-50(43-20-18-42(19-21-43)45-36-62(37-45)55(66)73-57(4,5)6)51(53-59-61-64(60-53)35-41-16-29-49(71-9)30-17-41)52(44)74(67,68)63(33-39-12-25-47(69-7)26-13-39)34-40-14-27-48(70-8)28-15-40/h12-22,25-31,38,45-46H,10-11,23-24,32-37H2,1-9H3,(H,58,65)/t38-,46-. The number of carbonyl (C=O) groups is 2. The molecular weight excluding hydrogens is 959 g/mol. The fraction of sp³-hybridized carbons (Fsp3) is 0.421. The molecule has 1 saturated carbocycles. The normalized spacial score (nSPS) is 16.3. The van der Waals surface area contributed by atoms with E-state index in [1.807, 2.05) is 151 Å². The number of methoxy groups -OCH3 is 3. The number of hydrogen-bond donors (Lipinski definition) is 1. The summed E-state index contributed by atoms with van der Waals surface area (Å²) in [6, 6.07) is 34.3. The fourth-order valence-corrected chi connectivity index (χ4v) is 11.3. The van der Waals surface area contributed by atoms with Crippen LogP contribution in [0.3, 0.4) is 0 Å². The number of aromatic nitrogens is 4. The van der Waals surface area contributed by atoms with Crippen molar-refractivity contribution < 1.29 is 41.7 Å². The minimum Gasteiger partial charge on any atom is -0.497 e. The highest BCUT2D eigenvalue weighted by Gasteiger charge is 2.37. The van der Waals surface area contributed by atoms with E-state index < -0.39 is 27.3 Å². The first-order valence-corrected chi connectivity index (χ1v) is 26.6. The zero-order valence-electron chi connectivity index (χ0n) is 44.0. The summed E-state index contributed by atoms with van der Waals surface area (Å²) in [5.41, 5.74) is 4.59. The highest BCUT2D eigenvalue weighted by molar-refractivity contribution is 7.89. The van der Waals surface area contributed by atoms with Gasteiger partial charge >= 0.3 is 12.2 Å². The number of hydrogen-bond acceptors (Lipinski definition) is 12. The van der Waals surface area contributed by atoms with Crippen LogP contribution < -0.4 is 19.5 Å². The first-order valence-electron chi connectivity index (χ1n) is 25.2. The number of sulfonamides is 1. The number of alkyl carbamates (subject to hydrolysis) is 1. The number of amides is 2. The topological polar surface area (TPSA) is 177 Å². The van der Waals surface area contributed by atoms with Crippen LogP contribution in [0.5, 0.6) is 17.2 Å². The zero-order valence-corrected chi connectivity index (χ0v) is 44.8. The van der Waals surface area contributed by atoms with E-state index in [1.165, 1.54) is 9.10 Å². The van der Waals surface area contributed by atoms with Crippen LogP contribution in [0.1, 0.15) is 101 Å². The number of benzene rings is 5. The van der Waals surface area contributed by atoms with Crippen LogP contribution in [0.2, 0.25) is 0 Å². The van der Waals surface area contributed by atoms with Crippen molar-refractivity contribution in [3.8, 4) is 39.8 Å². The van der Waals surface area contributed by atoms with Crippen LogP contribution in [0, 0.1) is 5.92 Å². The molecule has 0 bridgehead atoms. The second-order valence-electron chi connectivity index (χ2n) is 21.2. The molecule has 16 nitrogen and oxygen atoms in total. The van der Waals surface area contributed by atoms with Crippen molar-refractivity contribution in [2.24, 2.45) is 5.92 Å². The third-order valence-electron chi connectivity index (χ3n) is 13.3. The second-order valence-corrected chi connectivity index (χ2v) is 23.1. The molecule has 0 radical (unpaired) electrons. The fourth-order valence-electron chi connectivity index (χ4n) is 9.47. The zero-order chi connectivity index (χ0) is 52.8. The Morgan fingerprint density at radius 2 is 1.20 bits per heavy atom. The Morgan fingerprint density at radius 3 is 1.72 bits per heavy atom. The number of carbonyl (C=O) groups excluding carboxylic acids is 2. The van der Waals surface area contributed by atoms with Crippen LogP contribution in [0.4, 0.5) is 9.59 Å². The van der Waals surface area contributed by atoms with Gasteiger partial charge in [-0.3, -0.25) is 0 Å². The SMILES string of the molecule is COc1ccc(CN(Cc2ccc(OC)cc2)S(=O)(=O)c2c(C[C@H]3CC[C@H](NC(=O)OC(C)(C)C)CC3)ccc(-c3ccc(C4CN(C(=O)OC(C)(C)C)C4)cc3)c2-c2nnn(Cc3ccc(OC)cc3)n2)cc1. The molecule has 2 fully saturated rings. The first-order chi connectivity index (χ1) is 35.3. The molecule has 0 atom stereocenters. The molecule has 74 heavy (non-hydrogen) atoms. The van der Waals surface area contributed by atoms with Gasteiger partial charge in [0.05, 0.1) is 38.3 Å². The summed E-state index contributed by atoms with van der Waals surface area (Å²) in [5.74, 6) is 2.37. The summed E-state index contributed by atoms with van der Waals surface area (Å²) in [4.78, 5) is 28.9. The molecule has 1 aliphatic heterocycles. The monoisotopic (exact) mass is 1030 g/mol. The molecule has 392 valence electrons. The van der Waals surface area contributed by atoms with Crippen molar-refractivity contribution >= 4 is 22.2 Å². The smallest absolute Gasteiger partial charge is 0.410 e. The number of ether oxygens (including phenoxy) is 5. The molecular formula is C57H69N7O9S. The highest BCUT2D eigenvalue weighted by Crippen LogP contribution is 2.42. The van der Waals surface area contributed by atoms with Gasteiger partial charge in [0.2, 0.25) is 15.8 Å². The van der Waals surface area contributed by atoms with Gasteiger partial charge in [-0.05, 0) is 160 Å². The van der Waals surface area contributed by atoms with Gasteiger partial charge in [-0.15, -0.1) is 10.2 Å². The van der Waals surface area contributed by atoms with Gasteiger partial charge in [-0.1, -0.05) is 72.8 Å². The van der Waals surface area contributed by atoms with Crippen LogP contribution in [-0.4, -0.2) is 102 Å². The molecule has 5 aromatic carbocycles. The molecule has 1 aliphatic carbocycles. The maximum atomic E-state index is 16.3. The Labute approximate surface area is 435 Å². The van der Waals surface area contributed by atoms with Gasteiger partial charge in [0, 0.05) is 38.1 Å². The lowest BCUT2D eigenvalue weighted by molar-refractivity contribution is 0.00816. The summed E-state index contributed by atoms with van der Waals surface area (Å²) < 4.78 is 61.7. The molecule has 2 aliphatic rings. The lowest BCUT2D eigenvalue weighted by Crippen LogP contribution is -2.50. The number of tetrazole rings is 1. The Hall–Kier alpha value is -6.98. The van der Waals surface area contributed by atoms with Gasteiger partial charge in [0.15, 0.2) is 0 Å². The van der Waals surface area contributed by atoms with Crippen LogP contribution in [0.15, 0.2) is 114 Å². The summed E-state index contributed by atoms with van der Waals surface area (Å²) >= 11 is 0. The van der Waals surface area contributed by atoms with E-state index in [-0.39, 0.29) is 54.3 Å². The van der Waals surface area contributed by atoms with E-state index in [0.717, 1.165) is 40.7 Å². The second kappa shape index (κ2) is 22.6. The summed E-state index contributed by atoms with van der Waals surface area (Å²) in [5, 5.41) is 17.2. The van der Waals surface area contributed by atoms with Crippen LogP contribution >= 0.6 is 0 Å². The Kier molecular flexibility index (Phi) is 16.3. The third-order valence-corrected chi connectivity index (χ3v) is 15.3. The average Bonchev–Trinajstić information content (AvgIpc) is 3.81. The minimum absolute atomic E-state index is 0.0386. The number of nitrogens with one attached hydrogen (secondary N) is 1. The molecule has 8 rings (SSSR count). The van der Waals surface area contributed by atoms with Crippen molar-refractivity contribution in [3.63, 3.8) is 0 Å². The first kappa shape index (κ1) is 53.3. The largest absolute Gasteiger partial charge is 0.497 e. The Balaban J connectivity index is 1.24. The Morgan fingerprint density at radius 1 is 0.676 bits per heavy atom. The van der Waals surface area contributed by atoms with Gasteiger partial charge in [-0.2, -0.15) is 9.10 Å². The van der Waals surface area contributed by atoms with E-state index >= 15 is 8.42 Å². The van der Waals surface area contributed by atoms with Crippen molar-refractivity contribution in [1.82, 2.24) is 34.7 Å². The van der Waals surface area contributed by atoms with Crippen LogP contribution in [-0.2, 0) is 45.6 Å². The average molecular weight is 1030 g/mol. The predicted octanol–water partition coefficient (Wildman–Crippen LogP) is 10.4. The highest BCUT2D eigenvalue weighted by atomic mass is 32.2.